The van der Waals surface area contributed by atoms with Crippen LogP contribution in [0.5, 0.6) is 0 Å². The van der Waals surface area contributed by atoms with Crippen LogP contribution in [0, 0.1) is 12.7 Å². The van der Waals surface area contributed by atoms with E-state index in [1.165, 1.54) is 6.07 Å². The summed E-state index contributed by atoms with van der Waals surface area (Å²) in [6, 6.07) is 10.9. The molecule has 0 aliphatic rings. The van der Waals surface area contributed by atoms with Gasteiger partial charge in [0.1, 0.15) is 5.82 Å². The lowest BCUT2D eigenvalue weighted by Crippen LogP contribution is -1.92. The summed E-state index contributed by atoms with van der Waals surface area (Å²) < 4.78 is 13.7. The van der Waals surface area contributed by atoms with E-state index in [4.69, 9.17) is 0 Å². The van der Waals surface area contributed by atoms with Crippen molar-refractivity contribution in [3.8, 4) is 11.1 Å². The SMILES string of the molecule is C/C=C/C=C\C(CC)=N/C=C/c1ccc(-c2cc(F)ccc2C)cc1/C=N\C. The average molecular weight is 375 g/mol. The van der Waals surface area contributed by atoms with Gasteiger partial charge in [0.05, 0.1) is 0 Å². The van der Waals surface area contributed by atoms with Crippen molar-refractivity contribution in [3.63, 3.8) is 0 Å². The lowest BCUT2D eigenvalue weighted by atomic mass is 9.96. The molecule has 2 rings (SSSR count). The Kier molecular flexibility index (Phi) is 8.29. The molecule has 0 radical (unpaired) electrons. The van der Waals surface area contributed by atoms with Gasteiger partial charge in [0.15, 0.2) is 0 Å². The van der Waals surface area contributed by atoms with Crippen molar-refractivity contribution >= 4 is 18.0 Å². The summed E-state index contributed by atoms with van der Waals surface area (Å²) in [6.07, 6.45) is 14.4. The van der Waals surface area contributed by atoms with E-state index < -0.39 is 0 Å². The summed E-state index contributed by atoms with van der Waals surface area (Å²) in [4.78, 5) is 8.70. The number of aliphatic imine (C=N–C) groups is 2. The van der Waals surface area contributed by atoms with Gasteiger partial charge in [-0.15, -0.1) is 0 Å². The maximum absolute atomic E-state index is 13.7. The van der Waals surface area contributed by atoms with E-state index in [0.717, 1.165) is 39.9 Å². The van der Waals surface area contributed by atoms with Crippen molar-refractivity contribution in [2.24, 2.45) is 9.98 Å². The zero-order valence-corrected chi connectivity index (χ0v) is 17.0. The van der Waals surface area contributed by atoms with Crippen LogP contribution < -0.4 is 0 Å². The number of halogens is 1. The Morgan fingerprint density at radius 1 is 1.07 bits per heavy atom. The molecule has 0 atom stereocenters. The maximum atomic E-state index is 13.7. The van der Waals surface area contributed by atoms with E-state index in [1.54, 1.807) is 19.2 Å². The van der Waals surface area contributed by atoms with E-state index in [2.05, 4.69) is 16.9 Å². The van der Waals surface area contributed by atoms with Crippen molar-refractivity contribution in [1.82, 2.24) is 0 Å². The minimum atomic E-state index is -0.234. The summed E-state index contributed by atoms with van der Waals surface area (Å²) in [7, 11) is 1.74. The standard InChI is InChI=1S/C25H27FN2/c1-5-7-8-9-24(6-2)28-15-14-20-11-12-21(16-22(20)18-27-4)25-17-23(26)13-10-19(25)3/h5,7-18H,6H2,1-4H3/b7-5+,9-8-,15-14+,27-18-,28-24-. The van der Waals surface area contributed by atoms with Crippen LogP contribution in [0.2, 0.25) is 0 Å². The molecule has 2 aromatic rings. The van der Waals surface area contributed by atoms with Gasteiger partial charge in [-0.3, -0.25) is 9.98 Å². The smallest absolute Gasteiger partial charge is 0.123 e. The summed E-state index contributed by atoms with van der Waals surface area (Å²) in [5.74, 6) is -0.234. The second kappa shape index (κ2) is 10.9. The molecule has 0 N–H and O–H groups in total. The van der Waals surface area contributed by atoms with Gasteiger partial charge in [-0.05, 0) is 72.9 Å². The van der Waals surface area contributed by atoms with Crippen LogP contribution in [-0.4, -0.2) is 19.0 Å². The van der Waals surface area contributed by atoms with Crippen molar-refractivity contribution in [2.45, 2.75) is 27.2 Å². The van der Waals surface area contributed by atoms with Crippen molar-refractivity contribution in [3.05, 3.63) is 89.4 Å². The third-order valence-corrected chi connectivity index (χ3v) is 4.31. The van der Waals surface area contributed by atoms with Crippen LogP contribution in [0.1, 0.15) is 37.0 Å². The summed E-state index contributed by atoms with van der Waals surface area (Å²) in [5.41, 5.74) is 5.89. The summed E-state index contributed by atoms with van der Waals surface area (Å²) >= 11 is 0. The van der Waals surface area contributed by atoms with Gasteiger partial charge in [0, 0.05) is 30.7 Å². The van der Waals surface area contributed by atoms with Crippen molar-refractivity contribution < 1.29 is 4.39 Å². The van der Waals surface area contributed by atoms with Crippen LogP contribution in [0.4, 0.5) is 4.39 Å². The van der Waals surface area contributed by atoms with Crippen molar-refractivity contribution in [2.75, 3.05) is 7.05 Å². The average Bonchev–Trinajstić information content (AvgIpc) is 2.70. The van der Waals surface area contributed by atoms with Gasteiger partial charge in [0.2, 0.25) is 0 Å². The highest BCUT2D eigenvalue weighted by atomic mass is 19.1. The zero-order valence-electron chi connectivity index (χ0n) is 17.0. The molecular weight excluding hydrogens is 347 g/mol. The maximum Gasteiger partial charge on any atom is 0.123 e. The largest absolute Gasteiger partial charge is 0.296 e. The first-order chi connectivity index (χ1) is 13.6. The van der Waals surface area contributed by atoms with Crippen LogP contribution in [0.25, 0.3) is 17.2 Å². The third-order valence-electron chi connectivity index (χ3n) is 4.31. The molecule has 0 fully saturated rings. The predicted molar refractivity (Wildman–Crippen MR) is 121 cm³/mol. The Bertz CT molecular complexity index is 947. The van der Waals surface area contributed by atoms with Gasteiger partial charge in [0.25, 0.3) is 0 Å². The fourth-order valence-corrected chi connectivity index (χ4v) is 2.79. The molecule has 2 aromatic carbocycles. The number of allylic oxidation sites excluding steroid dienone is 4. The van der Waals surface area contributed by atoms with E-state index in [0.29, 0.717) is 0 Å². The highest BCUT2D eigenvalue weighted by Crippen LogP contribution is 2.26. The molecule has 0 saturated carbocycles. The zero-order chi connectivity index (χ0) is 20.4. The van der Waals surface area contributed by atoms with E-state index in [1.807, 2.05) is 74.8 Å². The summed E-state index contributed by atoms with van der Waals surface area (Å²) in [5, 5.41) is 0. The molecule has 2 nitrogen and oxygen atoms in total. The second-order valence-electron chi connectivity index (χ2n) is 6.36. The highest BCUT2D eigenvalue weighted by molar-refractivity contribution is 5.95. The fourth-order valence-electron chi connectivity index (χ4n) is 2.79. The molecule has 0 aliphatic carbocycles. The molecule has 3 heteroatoms. The van der Waals surface area contributed by atoms with Crippen LogP contribution in [0.3, 0.4) is 0 Å². The van der Waals surface area contributed by atoms with Gasteiger partial charge < -0.3 is 0 Å². The first-order valence-corrected chi connectivity index (χ1v) is 9.44. The Balaban J connectivity index is 2.36. The molecule has 0 bridgehead atoms. The second-order valence-corrected chi connectivity index (χ2v) is 6.36. The number of hydrogen-bond donors (Lipinski definition) is 0. The monoisotopic (exact) mass is 374 g/mol. The number of aryl methyl sites for hydroxylation is 1. The Hall–Kier alpha value is -3.07. The molecule has 0 aliphatic heterocycles. The van der Waals surface area contributed by atoms with Crippen LogP contribution in [0.15, 0.2) is 76.9 Å². The van der Waals surface area contributed by atoms with Gasteiger partial charge in [-0.1, -0.05) is 43.4 Å². The van der Waals surface area contributed by atoms with Crippen molar-refractivity contribution in [1.29, 1.82) is 0 Å². The number of benzene rings is 2. The third kappa shape index (κ3) is 5.98. The van der Waals surface area contributed by atoms with Crippen LogP contribution >= 0.6 is 0 Å². The molecular formula is C25H27FN2. The molecule has 0 amide bonds. The minimum Gasteiger partial charge on any atom is -0.296 e. The number of hydrogen-bond acceptors (Lipinski definition) is 2. The van der Waals surface area contributed by atoms with Crippen LogP contribution in [-0.2, 0) is 0 Å². The topological polar surface area (TPSA) is 24.7 Å². The molecule has 0 aromatic heterocycles. The normalized spacial score (nSPS) is 13.0. The lowest BCUT2D eigenvalue weighted by molar-refractivity contribution is 0.628. The molecule has 28 heavy (non-hydrogen) atoms. The molecule has 0 spiro atoms. The Labute approximate surface area is 167 Å². The Morgan fingerprint density at radius 3 is 2.61 bits per heavy atom. The highest BCUT2D eigenvalue weighted by Gasteiger charge is 2.06. The van der Waals surface area contributed by atoms with Gasteiger partial charge in [-0.25, -0.2) is 4.39 Å². The lowest BCUT2D eigenvalue weighted by Gasteiger charge is -2.09. The quantitative estimate of drug-likeness (QED) is 0.376. The van der Waals surface area contributed by atoms with E-state index in [-0.39, 0.29) is 5.82 Å². The first kappa shape index (κ1) is 21.2. The molecule has 0 heterocycles. The summed E-state index contributed by atoms with van der Waals surface area (Å²) in [6.45, 7) is 6.05. The van der Waals surface area contributed by atoms with E-state index in [9.17, 15) is 4.39 Å². The number of rotatable bonds is 7. The molecule has 0 saturated heterocycles. The van der Waals surface area contributed by atoms with E-state index >= 15 is 0 Å². The van der Waals surface area contributed by atoms with Gasteiger partial charge >= 0.3 is 0 Å². The van der Waals surface area contributed by atoms with Gasteiger partial charge in [-0.2, -0.15) is 0 Å². The number of nitrogens with zero attached hydrogens (tertiary/aromatic N) is 2. The fraction of sp³-hybridized carbons (Fsp3) is 0.200. The molecule has 0 unspecified atom stereocenters. The predicted octanol–water partition coefficient (Wildman–Crippen LogP) is 6.80. The minimum absolute atomic E-state index is 0.234. The Morgan fingerprint density at radius 2 is 1.89 bits per heavy atom. The first-order valence-electron chi connectivity index (χ1n) is 9.44. The molecule has 144 valence electrons.